The van der Waals surface area contributed by atoms with Crippen molar-refractivity contribution in [3.8, 4) is 0 Å². The van der Waals surface area contributed by atoms with E-state index >= 15 is 0 Å². The van der Waals surface area contributed by atoms with Gasteiger partial charge in [0.25, 0.3) is 0 Å². The summed E-state index contributed by atoms with van der Waals surface area (Å²) in [5.74, 6) is -0.0857. The molecule has 4 nitrogen and oxygen atoms in total. The molecule has 0 amide bonds. The molecule has 0 aliphatic carbocycles. The first-order valence-electron chi connectivity index (χ1n) is 4.10. The monoisotopic (exact) mass is 185 g/mol. The maximum atomic E-state index is 11.7. The number of hydrogen-bond donors (Lipinski definition) is 0. The van der Waals surface area contributed by atoms with Gasteiger partial charge in [0.1, 0.15) is 5.69 Å². The molecule has 2 rings (SSSR count). The molecule has 0 N–H and O–H groups in total. The first kappa shape index (κ1) is 8.50. The largest absolute Gasteiger partial charge is 0.283 e. The van der Waals surface area contributed by atoms with Crippen LogP contribution in [0.2, 0.25) is 0 Å². The fourth-order valence-electron chi connectivity index (χ4n) is 1.03. The van der Waals surface area contributed by atoms with E-state index in [4.69, 9.17) is 0 Å². The maximum Gasteiger partial charge on any atom is 0.248 e. The lowest BCUT2D eigenvalue weighted by molar-refractivity contribution is 0.102. The molecule has 0 unspecified atom stereocenters. The van der Waals surface area contributed by atoms with Gasteiger partial charge in [-0.05, 0) is 18.2 Å². The maximum absolute atomic E-state index is 11.7. The van der Waals surface area contributed by atoms with Crippen molar-refractivity contribution in [3.05, 3.63) is 54.4 Å². The van der Waals surface area contributed by atoms with Gasteiger partial charge < -0.3 is 0 Å². The molecule has 0 spiro atoms. The number of aromatic nitrogens is 3. The minimum atomic E-state index is -0.258. The predicted molar refractivity (Wildman–Crippen MR) is 49.7 cm³/mol. The van der Waals surface area contributed by atoms with E-state index in [2.05, 4.69) is 15.0 Å². The summed E-state index contributed by atoms with van der Waals surface area (Å²) in [7, 11) is 0. The second-order valence-electron chi connectivity index (χ2n) is 2.62. The third-order valence-corrected chi connectivity index (χ3v) is 1.67. The molecule has 0 saturated carbocycles. The highest BCUT2D eigenvalue weighted by molar-refractivity contribution is 6.04. The second kappa shape index (κ2) is 3.74. The van der Waals surface area contributed by atoms with E-state index < -0.39 is 0 Å². The molecule has 68 valence electrons. The Bertz CT molecular complexity index is 386. The minimum Gasteiger partial charge on any atom is -0.283 e. The van der Waals surface area contributed by atoms with Crippen LogP contribution in [0, 0.1) is 0 Å². The lowest BCUT2D eigenvalue weighted by Crippen LogP contribution is -2.07. The fraction of sp³-hybridized carbons (Fsp3) is 0. The van der Waals surface area contributed by atoms with Crippen molar-refractivity contribution in [2.75, 3.05) is 0 Å². The van der Waals surface area contributed by atoms with Crippen molar-refractivity contribution in [1.82, 2.24) is 15.0 Å². The highest BCUT2D eigenvalue weighted by Gasteiger charge is 2.11. The Hall–Kier alpha value is -2.10. The van der Waals surface area contributed by atoms with Gasteiger partial charge in [0, 0.05) is 18.6 Å². The standard InChI is InChI=1S/C10H7N3O/c14-9(8-4-1-2-5-11-8)10-12-6-3-7-13-10/h1-7H. The summed E-state index contributed by atoms with van der Waals surface area (Å²) < 4.78 is 0. The summed E-state index contributed by atoms with van der Waals surface area (Å²) in [5, 5.41) is 0. The van der Waals surface area contributed by atoms with Crippen LogP contribution >= 0.6 is 0 Å². The van der Waals surface area contributed by atoms with Gasteiger partial charge in [0.2, 0.25) is 11.6 Å². The molecule has 14 heavy (non-hydrogen) atoms. The first-order valence-corrected chi connectivity index (χ1v) is 4.10. The summed E-state index contributed by atoms with van der Waals surface area (Å²) in [6.45, 7) is 0. The Morgan fingerprint density at radius 3 is 2.29 bits per heavy atom. The van der Waals surface area contributed by atoms with Crippen molar-refractivity contribution in [2.24, 2.45) is 0 Å². The topological polar surface area (TPSA) is 55.7 Å². The van der Waals surface area contributed by atoms with Gasteiger partial charge in [0.05, 0.1) is 0 Å². The molecule has 0 bridgehead atoms. The van der Waals surface area contributed by atoms with Crippen LogP contribution in [0.1, 0.15) is 16.3 Å². The number of carbonyl (C=O) groups is 1. The highest BCUT2D eigenvalue weighted by atomic mass is 16.1. The van der Waals surface area contributed by atoms with E-state index in [0.29, 0.717) is 5.69 Å². The summed E-state index contributed by atoms with van der Waals surface area (Å²) in [6, 6.07) is 6.81. The molecule has 2 heterocycles. The van der Waals surface area contributed by atoms with Gasteiger partial charge >= 0.3 is 0 Å². The lowest BCUT2D eigenvalue weighted by atomic mass is 10.2. The Labute approximate surface area is 80.7 Å². The van der Waals surface area contributed by atoms with Crippen LogP contribution in [-0.4, -0.2) is 20.7 Å². The molecule has 0 atom stereocenters. The van der Waals surface area contributed by atoms with Crippen molar-refractivity contribution >= 4 is 5.78 Å². The molecule has 2 aromatic heterocycles. The van der Waals surface area contributed by atoms with Crippen molar-refractivity contribution in [1.29, 1.82) is 0 Å². The number of rotatable bonds is 2. The third-order valence-electron chi connectivity index (χ3n) is 1.67. The van der Waals surface area contributed by atoms with E-state index in [1.807, 2.05) is 0 Å². The summed E-state index contributed by atoms with van der Waals surface area (Å²) in [4.78, 5) is 23.3. The Morgan fingerprint density at radius 1 is 0.929 bits per heavy atom. The van der Waals surface area contributed by atoms with Gasteiger partial charge in [0.15, 0.2) is 0 Å². The van der Waals surface area contributed by atoms with Crippen LogP contribution in [0.25, 0.3) is 0 Å². The molecule has 2 aromatic rings. The van der Waals surface area contributed by atoms with Crippen LogP contribution in [0.3, 0.4) is 0 Å². The van der Waals surface area contributed by atoms with Crippen LogP contribution in [0.4, 0.5) is 0 Å². The molecule has 4 heteroatoms. The zero-order valence-electron chi connectivity index (χ0n) is 7.29. The van der Waals surface area contributed by atoms with Crippen LogP contribution in [0.15, 0.2) is 42.9 Å². The number of nitrogens with zero attached hydrogens (tertiary/aromatic N) is 3. The van der Waals surface area contributed by atoms with Crippen LogP contribution < -0.4 is 0 Å². The van der Waals surface area contributed by atoms with Gasteiger partial charge in [-0.2, -0.15) is 0 Å². The van der Waals surface area contributed by atoms with E-state index in [0.717, 1.165) is 0 Å². The van der Waals surface area contributed by atoms with Crippen LogP contribution in [-0.2, 0) is 0 Å². The van der Waals surface area contributed by atoms with Gasteiger partial charge in [-0.1, -0.05) is 6.07 Å². The predicted octanol–water partition coefficient (Wildman–Crippen LogP) is 1.10. The Morgan fingerprint density at radius 2 is 1.64 bits per heavy atom. The second-order valence-corrected chi connectivity index (χ2v) is 2.62. The van der Waals surface area contributed by atoms with Crippen molar-refractivity contribution in [3.63, 3.8) is 0 Å². The van der Waals surface area contributed by atoms with Gasteiger partial charge in [-0.25, -0.2) is 9.97 Å². The smallest absolute Gasteiger partial charge is 0.248 e. The van der Waals surface area contributed by atoms with Crippen molar-refractivity contribution in [2.45, 2.75) is 0 Å². The zero-order valence-corrected chi connectivity index (χ0v) is 7.29. The summed E-state index contributed by atoms with van der Waals surface area (Å²) >= 11 is 0. The Kier molecular flexibility index (Phi) is 2.27. The quantitative estimate of drug-likeness (QED) is 0.657. The van der Waals surface area contributed by atoms with E-state index in [1.54, 1.807) is 30.5 Å². The third kappa shape index (κ3) is 1.64. The normalized spacial score (nSPS) is 9.71. The fourth-order valence-corrected chi connectivity index (χ4v) is 1.03. The molecular formula is C10H7N3O. The number of carbonyl (C=O) groups excluding carboxylic acids is 1. The van der Waals surface area contributed by atoms with E-state index in [-0.39, 0.29) is 11.6 Å². The summed E-state index contributed by atoms with van der Waals surface area (Å²) in [5.41, 5.74) is 0.360. The number of hydrogen-bond acceptors (Lipinski definition) is 4. The average molecular weight is 185 g/mol. The van der Waals surface area contributed by atoms with Crippen LogP contribution in [0.5, 0.6) is 0 Å². The number of pyridine rings is 1. The average Bonchev–Trinajstić information content (AvgIpc) is 2.30. The van der Waals surface area contributed by atoms with Gasteiger partial charge in [-0.15, -0.1) is 0 Å². The minimum absolute atomic E-state index is 0.172. The molecule has 0 aliphatic rings. The molecule has 0 fully saturated rings. The summed E-state index contributed by atoms with van der Waals surface area (Å²) in [6.07, 6.45) is 4.63. The Balaban J connectivity index is 2.35. The highest BCUT2D eigenvalue weighted by Crippen LogP contribution is 2.00. The molecule has 0 radical (unpaired) electrons. The SMILES string of the molecule is O=C(c1ccccn1)c1ncccn1. The van der Waals surface area contributed by atoms with E-state index in [9.17, 15) is 4.79 Å². The number of ketones is 1. The first-order chi connectivity index (χ1) is 6.88. The molecular weight excluding hydrogens is 178 g/mol. The molecule has 0 aromatic carbocycles. The van der Waals surface area contributed by atoms with E-state index in [1.165, 1.54) is 12.4 Å². The molecule has 0 aliphatic heterocycles. The zero-order chi connectivity index (χ0) is 9.80. The van der Waals surface area contributed by atoms with Crippen molar-refractivity contribution < 1.29 is 4.79 Å². The van der Waals surface area contributed by atoms with Gasteiger partial charge in [-0.3, -0.25) is 9.78 Å². The molecule has 0 saturated heterocycles. The lowest BCUT2D eigenvalue weighted by Gasteiger charge is -1.96.